The number of Topliss-reactive ketones (excluding diaryl/α,β-unsaturated/α-hetero) is 1. The number of carboxylic acids is 1. The van der Waals surface area contributed by atoms with Crippen LogP contribution in [0.3, 0.4) is 0 Å². The quantitative estimate of drug-likeness (QED) is 0.480. The first-order chi connectivity index (χ1) is 13.6. The number of rotatable bonds is 11. The van der Waals surface area contributed by atoms with E-state index in [1.165, 1.54) is 5.01 Å². The number of carbonyl (C=O) groups excluding carboxylic acids is 3. The first-order valence-corrected chi connectivity index (χ1v) is 10.7. The first-order valence-electron chi connectivity index (χ1n) is 10.7. The third-order valence-electron chi connectivity index (χ3n) is 5.31. The standard InChI is InChI=1S/C21H37N3O5/c1-6-17(25)19(14(4)5)23-20(28)16-8-7-11-22-24(16)21(29)15(12-18(26)27)10-9-13(2)3/h13-16,19,22H,6-12H2,1-5H3,(H,23,28)(H,26,27)/t15-,16+,19+/m1/s1. The zero-order chi connectivity index (χ0) is 22.1. The smallest absolute Gasteiger partial charge is 0.304 e. The minimum Gasteiger partial charge on any atom is -0.481 e. The molecule has 0 spiro atoms. The van der Waals surface area contributed by atoms with Gasteiger partial charge in [-0.15, -0.1) is 0 Å². The Bertz CT molecular complexity index is 591. The second kappa shape index (κ2) is 11.9. The third-order valence-corrected chi connectivity index (χ3v) is 5.31. The van der Waals surface area contributed by atoms with E-state index in [0.29, 0.717) is 38.1 Å². The van der Waals surface area contributed by atoms with Crippen LogP contribution in [-0.4, -0.2) is 52.3 Å². The summed E-state index contributed by atoms with van der Waals surface area (Å²) in [6.45, 7) is 10.1. The largest absolute Gasteiger partial charge is 0.481 e. The van der Waals surface area contributed by atoms with Gasteiger partial charge in [0.25, 0.3) is 0 Å². The molecule has 3 N–H and O–H groups in total. The second-order valence-corrected chi connectivity index (χ2v) is 8.59. The number of hydrogen-bond acceptors (Lipinski definition) is 5. The monoisotopic (exact) mass is 411 g/mol. The lowest BCUT2D eigenvalue weighted by atomic mass is 9.93. The average Bonchev–Trinajstić information content (AvgIpc) is 2.67. The number of hydrazine groups is 1. The Morgan fingerprint density at radius 2 is 1.79 bits per heavy atom. The summed E-state index contributed by atoms with van der Waals surface area (Å²) in [6, 6.07) is -1.35. The van der Waals surface area contributed by atoms with Crippen LogP contribution in [0, 0.1) is 17.8 Å². The predicted octanol–water partition coefficient (Wildman–Crippen LogP) is 2.13. The van der Waals surface area contributed by atoms with Gasteiger partial charge in [0.05, 0.1) is 12.5 Å². The number of aliphatic carboxylic acids is 1. The molecule has 1 rings (SSSR count). The third kappa shape index (κ3) is 7.76. The molecule has 0 aliphatic carbocycles. The fourth-order valence-corrected chi connectivity index (χ4v) is 3.56. The van der Waals surface area contributed by atoms with E-state index in [-0.39, 0.29) is 29.9 Å². The summed E-state index contributed by atoms with van der Waals surface area (Å²) in [5, 5.41) is 13.4. The minimum atomic E-state index is -1.03. The van der Waals surface area contributed by atoms with Crippen LogP contribution < -0.4 is 10.7 Å². The van der Waals surface area contributed by atoms with E-state index < -0.39 is 24.0 Å². The summed E-state index contributed by atoms with van der Waals surface area (Å²) in [5.74, 6) is -2.21. The number of hydrogen-bond donors (Lipinski definition) is 3. The number of nitrogens with zero attached hydrogens (tertiary/aromatic N) is 1. The molecule has 0 saturated carbocycles. The summed E-state index contributed by atoms with van der Waals surface area (Å²) < 4.78 is 0. The molecule has 1 fully saturated rings. The van der Waals surface area contributed by atoms with Gasteiger partial charge in [-0.3, -0.25) is 24.2 Å². The molecule has 1 saturated heterocycles. The van der Waals surface area contributed by atoms with E-state index in [2.05, 4.69) is 10.7 Å². The normalized spacial score (nSPS) is 19.1. The van der Waals surface area contributed by atoms with Crippen molar-refractivity contribution in [3.8, 4) is 0 Å². The molecule has 1 aliphatic rings. The summed E-state index contributed by atoms with van der Waals surface area (Å²) in [7, 11) is 0. The highest BCUT2D eigenvalue weighted by molar-refractivity contribution is 5.93. The van der Waals surface area contributed by atoms with E-state index in [9.17, 15) is 24.3 Å². The topological polar surface area (TPSA) is 116 Å². The number of nitrogens with one attached hydrogen (secondary N) is 2. The van der Waals surface area contributed by atoms with Crippen LogP contribution in [0.2, 0.25) is 0 Å². The van der Waals surface area contributed by atoms with Crippen LogP contribution in [0.15, 0.2) is 0 Å². The molecule has 0 unspecified atom stereocenters. The maximum Gasteiger partial charge on any atom is 0.304 e. The van der Waals surface area contributed by atoms with Gasteiger partial charge < -0.3 is 10.4 Å². The molecule has 0 radical (unpaired) electrons. The molecule has 1 heterocycles. The van der Waals surface area contributed by atoms with E-state index in [0.717, 1.165) is 6.42 Å². The predicted molar refractivity (Wildman–Crippen MR) is 110 cm³/mol. The highest BCUT2D eigenvalue weighted by atomic mass is 16.4. The van der Waals surface area contributed by atoms with Crippen LogP contribution >= 0.6 is 0 Å². The van der Waals surface area contributed by atoms with Crippen molar-refractivity contribution in [2.75, 3.05) is 6.54 Å². The molecule has 166 valence electrons. The van der Waals surface area contributed by atoms with E-state index in [4.69, 9.17) is 0 Å². The number of carbonyl (C=O) groups is 4. The van der Waals surface area contributed by atoms with Crippen molar-refractivity contribution in [3.05, 3.63) is 0 Å². The number of amides is 2. The average molecular weight is 412 g/mol. The van der Waals surface area contributed by atoms with Gasteiger partial charge in [-0.2, -0.15) is 0 Å². The van der Waals surface area contributed by atoms with E-state index in [1.807, 2.05) is 27.7 Å². The van der Waals surface area contributed by atoms with Gasteiger partial charge in [0.1, 0.15) is 6.04 Å². The summed E-state index contributed by atoms with van der Waals surface area (Å²) >= 11 is 0. The van der Waals surface area contributed by atoms with Crippen LogP contribution in [0.1, 0.15) is 73.1 Å². The lowest BCUT2D eigenvalue weighted by Gasteiger charge is -2.38. The van der Waals surface area contributed by atoms with Crippen LogP contribution in [0.4, 0.5) is 0 Å². The minimum absolute atomic E-state index is 0.0457. The van der Waals surface area contributed by atoms with Gasteiger partial charge in [0.2, 0.25) is 11.8 Å². The van der Waals surface area contributed by atoms with Crippen molar-refractivity contribution in [3.63, 3.8) is 0 Å². The molecule has 1 aliphatic heterocycles. The van der Waals surface area contributed by atoms with Crippen molar-refractivity contribution in [2.24, 2.45) is 17.8 Å². The van der Waals surface area contributed by atoms with Crippen LogP contribution in [-0.2, 0) is 19.2 Å². The van der Waals surface area contributed by atoms with Gasteiger partial charge in [-0.05, 0) is 31.1 Å². The zero-order valence-electron chi connectivity index (χ0n) is 18.4. The SMILES string of the molecule is CCC(=O)[C@@H](NC(=O)[C@@H]1CCCNN1C(=O)[C@H](CCC(C)C)CC(=O)O)C(C)C. The van der Waals surface area contributed by atoms with Crippen molar-refractivity contribution in [1.82, 2.24) is 15.8 Å². The van der Waals surface area contributed by atoms with Gasteiger partial charge in [0.15, 0.2) is 5.78 Å². The van der Waals surface area contributed by atoms with Crippen molar-refractivity contribution >= 4 is 23.6 Å². The van der Waals surface area contributed by atoms with E-state index >= 15 is 0 Å². The molecule has 8 nitrogen and oxygen atoms in total. The molecule has 0 bridgehead atoms. The molecule has 29 heavy (non-hydrogen) atoms. The molecule has 8 heteroatoms. The highest BCUT2D eigenvalue weighted by Gasteiger charge is 2.37. The Hall–Kier alpha value is -1.96. The summed E-state index contributed by atoms with van der Waals surface area (Å²) in [6.07, 6.45) is 2.43. The van der Waals surface area contributed by atoms with Gasteiger partial charge in [-0.25, -0.2) is 5.43 Å². The van der Waals surface area contributed by atoms with Crippen molar-refractivity contribution in [1.29, 1.82) is 0 Å². The van der Waals surface area contributed by atoms with Crippen molar-refractivity contribution in [2.45, 2.75) is 85.2 Å². The molecule has 0 aromatic rings. The lowest BCUT2D eigenvalue weighted by molar-refractivity contribution is -0.153. The number of ketones is 1. The van der Waals surface area contributed by atoms with Crippen LogP contribution in [0.25, 0.3) is 0 Å². The molecule has 3 atom stereocenters. The molecule has 0 aromatic heterocycles. The highest BCUT2D eigenvalue weighted by Crippen LogP contribution is 2.22. The fraction of sp³-hybridized carbons (Fsp3) is 0.810. The Balaban J connectivity index is 2.97. The van der Waals surface area contributed by atoms with Gasteiger partial charge in [-0.1, -0.05) is 41.0 Å². The molecule has 0 aromatic carbocycles. The summed E-state index contributed by atoms with van der Waals surface area (Å²) in [5.41, 5.74) is 2.98. The van der Waals surface area contributed by atoms with Crippen LogP contribution in [0.5, 0.6) is 0 Å². The first kappa shape index (κ1) is 25.1. The molecule has 2 amide bonds. The van der Waals surface area contributed by atoms with E-state index in [1.54, 1.807) is 6.92 Å². The Morgan fingerprint density at radius 3 is 2.31 bits per heavy atom. The number of carboxylic acid groups (broad SMARTS) is 1. The maximum atomic E-state index is 13.1. The zero-order valence-corrected chi connectivity index (χ0v) is 18.4. The van der Waals surface area contributed by atoms with Crippen molar-refractivity contribution < 1.29 is 24.3 Å². The Morgan fingerprint density at radius 1 is 1.14 bits per heavy atom. The summed E-state index contributed by atoms with van der Waals surface area (Å²) in [4.78, 5) is 49.5. The van der Waals surface area contributed by atoms with Gasteiger partial charge in [0, 0.05) is 18.9 Å². The lowest BCUT2D eigenvalue weighted by Crippen LogP contribution is -2.61. The fourth-order valence-electron chi connectivity index (χ4n) is 3.56. The maximum absolute atomic E-state index is 13.1. The Kier molecular flexibility index (Phi) is 10.3. The molecular formula is C21H37N3O5. The second-order valence-electron chi connectivity index (χ2n) is 8.59. The Labute approximate surface area is 173 Å². The molecular weight excluding hydrogens is 374 g/mol. The van der Waals surface area contributed by atoms with Gasteiger partial charge >= 0.3 is 5.97 Å².